The first kappa shape index (κ1) is 16.7. The van der Waals surface area contributed by atoms with Crippen LogP contribution in [0.15, 0.2) is 0 Å². The Morgan fingerprint density at radius 2 is 1.95 bits per heavy atom. The third-order valence-electron chi connectivity index (χ3n) is 3.64. The number of urea groups is 1. The van der Waals surface area contributed by atoms with E-state index in [4.69, 9.17) is 5.11 Å². The summed E-state index contributed by atoms with van der Waals surface area (Å²) in [5.74, 6) is -1.28. The Morgan fingerprint density at radius 3 is 2.55 bits per heavy atom. The van der Waals surface area contributed by atoms with E-state index in [0.29, 0.717) is 13.0 Å². The highest BCUT2D eigenvalue weighted by molar-refractivity contribution is 7.91. The Hall–Kier alpha value is -1.31. The maximum Gasteiger partial charge on any atom is 0.314 e. The molecule has 0 aromatic rings. The van der Waals surface area contributed by atoms with Crippen LogP contribution in [0.5, 0.6) is 0 Å². The van der Waals surface area contributed by atoms with E-state index in [2.05, 4.69) is 10.6 Å². The normalized spacial score (nSPS) is 22.4. The number of carbonyl (C=O) groups excluding carboxylic acids is 1. The maximum absolute atomic E-state index is 11.5. The van der Waals surface area contributed by atoms with Crippen LogP contribution in [-0.4, -0.2) is 50.1 Å². The molecule has 1 fully saturated rings. The van der Waals surface area contributed by atoms with E-state index >= 15 is 0 Å². The Kier molecular flexibility index (Phi) is 6.25. The summed E-state index contributed by atoms with van der Waals surface area (Å²) < 4.78 is 22.5. The minimum Gasteiger partial charge on any atom is -0.481 e. The van der Waals surface area contributed by atoms with Gasteiger partial charge in [-0.3, -0.25) is 4.79 Å². The number of hydrogen-bond donors (Lipinski definition) is 3. The molecule has 0 aliphatic heterocycles. The standard InChI is InChI=1S/C12H22N2O5S/c1-2-20(18,19)7-6-13-12(17)14-8-9-4-3-5-10(9)11(15)16/h9-10H,2-8H2,1H3,(H,15,16)(H2,13,14,17). The first-order chi connectivity index (χ1) is 9.35. The molecular weight excluding hydrogens is 284 g/mol. The van der Waals surface area contributed by atoms with E-state index in [1.165, 1.54) is 0 Å². The highest BCUT2D eigenvalue weighted by atomic mass is 32.2. The van der Waals surface area contributed by atoms with E-state index in [9.17, 15) is 18.0 Å². The molecule has 2 amide bonds. The van der Waals surface area contributed by atoms with Gasteiger partial charge < -0.3 is 15.7 Å². The molecule has 0 heterocycles. The molecule has 116 valence electrons. The minimum atomic E-state index is -3.09. The van der Waals surface area contributed by atoms with Crippen LogP contribution in [0.2, 0.25) is 0 Å². The summed E-state index contributed by atoms with van der Waals surface area (Å²) in [4.78, 5) is 22.5. The van der Waals surface area contributed by atoms with Gasteiger partial charge in [0.05, 0.1) is 11.7 Å². The van der Waals surface area contributed by atoms with Gasteiger partial charge in [0.15, 0.2) is 9.84 Å². The quantitative estimate of drug-likeness (QED) is 0.623. The van der Waals surface area contributed by atoms with E-state index in [1.807, 2.05) is 0 Å². The Morgan fingerprint density at radius 1 is 1.25 bits per heavy atom. The molecule has 2 unspecified atom stereocenters. The van der Waals surface area contributed by atoms with Gasteiger partial charge in [-0.1, -0.05) is 13.3 Å². The van der Waals surface area contributed by atoms with E-state index < -0.39 is 27.8 Å². The molecule has 0 radical (unpaired) electrons. The third-order valence-corrected chi connectivity index (χ3v) is 5.35. The average Bonchev–Trinajstić information content (AvgIpc) is 2.84. The van der Waals surface area contributed by atoms with E-state index in [-0.39, 0.29) is 24.0 Å². The Labute approximate surface area is 119 Å². The summed E-state index contributed by atoms with van der Waals surface area (Å²) in [5.41, 5.74) is 0. The summed E-state index contributed by atoms with van der Waals surface area (Å²) in [7, 11) is -3.09. The van der Waals surface area contributed by atoms with Crippen molar-refractivity contribution in [2.24, 2.45) is 11.8 Å². The van der Waals surface area contributed by atoms with Gasteiger partial charge in [-0.2, -0.15) is 0 Å². The number of amides is 2. The lowest BCUT2D eigenvalue weighted by molar-refractivity contribution is -0.142. The molecule has 0 spiro atoms. The lowest BCUT2D eigenvalue weighted by Crippen LogP contribution is -2.41. The second-order valence-corrected chi connectivity index (χ2v) is 7.48. The van der Waals surface area contributed by atoms with Crippen LogP contribution in [-0.2, 0) is 14.6 Å². The molecule has 3 N–H and O–H groups in total. The molecule has 1 aliphatic carbocycles. The van der Waals surface area contributed by atoms with Crippen molar-refractivity contribution < 1.29 is 23.1 Å². The number of nitrogens with one attached hydrogen (secondary N) is 2. The molecule has 1 saturated carbocycles. The molecule has 20 heavy (non-hydrogen) atoms. The van der Waals surface area contributed by atoms with Crippen molar-refractivity contribution in [1.82, 2.24) is 10.6 Å². The molecule has 0 saturated heterocycles. The smallest absolute Gasteiger partial charge is 0.314 e. The van der Waals surface area contributed by atoms with Gasteiger partial charge in [0.2, 0.25) is 0 Å². The summed E-state index contributed by atoms with van der Waals surface area (Å²) in [6, 6.07) is -0.452. The Bertz CT molecular complexity index is 449. The van der Waals surface area contributed by atoms with Gasteiger partial charge >= 0.3 is 12.0 Å². The highest BCUT2D eigenvalue weighted by Crippen LogP contribution is 2.31. The third kappa shape index (κ3) is 5.36. The highest BCUT2D eigenvalue weighted by Gasteiger charge is 2.32. The summed E-state index contributed by atoms with van der Waals surface area (Å²) >= 11 is 0. The SMILES string of the molecule is CCS(=O)(=O)CCNC(=O)NCC1CCCC1C(=O)O. The van der Waals surface area contributed by atoms with Gasteiger partial charge in [0.25, 0.3) is 0 Å². The molecule has 1 aliphatic rings. The molecule has 0 aromatic carbocycles. The van der Waals surface area contributed by atoms with Crippen LogP contribution >= 0.6 is 0 Å². The van der Waals surface area contributed by atoms with Crippen molar-refractivity contribution in [3.63, 3.8) is 0 Å². The van der Waals surface area contributed by atoms with Gasteiger partial charge in [-0.05, 0) is 18.8 Å². The lowest BCUT2D eigenvalue weighted by atomic mass is 9.96. The molecule has 8 heteroatoms. The fourth-order valence-corrected chi connectivity index (χ4v) is 3.06. The van der Waals surface area contributed by atoms with E-state index in [1.54, 1.807) is 6.92 Å². The van der Waals surface area contributed by atoms with Crippen molar-refractivity contribution >= 4 is 21.8 Å². The zero-order chi connectivity index (χ0) is 15.2. The monoisotopic (exact) mass is 306 g/mol. The first-order valence-corrected chi connectivity index (χ1v) is 8.62. The van der Waals surface area contributed by atoms with Crippen molar-refractivity contribution in [1.29, 1.82) is 0 Å². The average molecular weight is 306 g/mol. The molecule has 2 atom stereocenters. The largest absolute Gasteiger partial charge is 0.481 e. The fraction of sp³-hybridized carbons (Fsp3) is 0.833. The second kappa shape index (κ2) is 7.47. The van der Waals surface area contributed by atoms with Crippen LogP contribution in [0.1, 0.15) is 26.2 Å². The van der Waals surface area contributed by atoms with Crippen LogP contribution in [0.3, 0.4) is 0 Å². The number of carboxylic acid groups (broad SMARTS) is 1. The molecule has 1 rings (SSSR count). The zero-order valence-corrected chi connectivity index (χ0v) is 12.4. The number of rotatable bonds is 7. The molecule has 0 bridgehead atoms. The molecular formula is C12H22N2O5S. The molecule has 0 aromatic heterocycles. The van der Waals surface area contributed by atoms with Gasteiger partial charge in [0.1, 0.15) is 0 Å². The number of carboxylic acids is 1. The maximum atomic E-state index is 11.5. The predicted molar refractivity (Wildman–Crippen MR) is 74.2 cm³/mol. The van der Waals surface area contributed by atoms with Crippen LogP contribution < -0.4 is 10.6 Å². The van der Waals surface area contributed by atoms with Gasteiger partial charge in [0, 0.05) is 18.8 Å². The first-order valence-electron chi connectivity index (χ1n) is 6.80. The second-order valence-electron chi connectivity index (χ2n) is 5.01. The van der Waals surface area contributed by atoms with Crippen molar-refractivity contribution in [3.05, 3.63) is 0 Å². The number of sulfone groups is 1. The van der Waals surface area contributed by atoms with E-state index in [0.717, 1.165) is 12.8 Å². The van der Waals surface area contributed by atoms with Crippen molar-refractivity contribution in [2.75, 3.05) is 24.6 Å². The number of carbonyl (C=O) groups is 2. The fourth-order valence-electron chi connectivity index (χ4n) is 2.36. The topological polar surface area (TPSA) is 113 Å². The number of hydrogen-bond acceptors (Lipinski definition) is 4. The lowest BCUT2D eigenvalue weighted by Gasteiger charge is -2.16. The summed E-state index contributed by atoms with van der Waals surface area (Å²) in [5, 5.41) is 14.1. The number of aliphatic carboxylic acids is 1. The summed E-state index contributed by atoms with van der Waals surface area (Å²) in [6.45, 7) is 1.93. The Balaban J connectivity index is 2.25. The van der Waals surface area contributed by atoms with Crippen molar-refractivity contribution in [2.45, 2.75) is 26.2 Å². The minimum absolute atomic E-state index is 0.0439. The zero-order valence-electron chi connectivity index (χ0n) is 11.6. The van der Waals surface area contributed by atoms with Crippen molar-refractivity contribution in [3.8, 4) is 0 Å². The van der Waals surface area contributed by atoms with Crippen LogP contribution in [0.25, 0.3) is 0 Å². The van der Waals surface area contributed by atoms with Gasteiger partial charge in [-0.25, -0.2) is 13.2 Å². The van der Waals surface area contributed by atoms with Crippen LogP contribution in [0.4, 0.5) is 4.79 Å². The van der Waals surface area contributed by atoms with Crippen LogP contribution in [0, 0.1) is 11.8 Å². The summed E-state index contributed by atoms with van der Waals surface area (Å²) in [6.07, 6.45) is 2.30. The predicted octanol–water partition coefficient (Wildman–Crippen LogP) is 0.221. The van der Waals surface area contributed by atoms with Gasteiger partial charge in [-0.15, -0.1) is 0 Å². The molecule has 7 nitrogen and oxygen atoms in total.